The number of carboxylic acid groups (broad SMARTS) is 1. The van der Waals surface area contributed by atoms with E-state index in [1.165, 1.54) is 12.0 Å². The highest BCUT2D eigenvalue weighted by atomic mass is 16.4. The average Bonchev–Trinajstić information content (AvgIpc) is 2.60. The van der Waals surface area contributed by atoms with Crippen molar-refractivity contribution in [2.75, 3.05) is 0 Å². The van der Waals surface area contributed by atoms with Gasteiger partial charge < -0.3 is 5.11 Å². The summed E-state index contributed by atoms with van der Waals surface area (Å²) < 4.78 is 0. The SMILES string of the molecule is CC1CCC(CC(=O)O)(Cc2ccccc2)C1. The summed E-state index contributed by atoms with van der Waals surface area (Å²) in [6, 6.07) is 10.3. The van der Waals surface area contributed by atoms with Gasteiger partial charge in [-0.1, -0.05) is 43.7 Å². The highest BCUT2D eigenvalue weighted by Gasteiger charge is 2.39. The number of carboxylic acids is 1. The maximum atomic E-state index is 11.1. The van der Waals surface area contributed by atoms with Gasteiger partial charge in [-0.2, -0.15) is 0 Å². The molecule has 1 N–H and O–H groups in total. The van der Waals surface area contributed by atoms with Crippen LogP contribution in [0.15, 0.2) is 30.3 Å². The Labute approximate surface area is 103 Å². The molecule has 0 spiro atoms. The van der Waals surface area contributed by atoms with E-state index in [9.17, 15) is 4.79 Å². The van der Waals surface area contributed by atoms with E-state index in [4.69, 9.17) is 5.11 Å². The highest BCUT2D eigenvalue weighted by molar-refractivity contribution is 5.67. The van der Waals surface area contributed by atoms with E-state index in [1.54, 1.807) is 0 Å². The number of carbonyl (C=O) groups is 1. The van der Waals surface area contributed by atoms with Crippen LogP contribution >= 0.6 is 0 Å². The molecule has 1 aromatic rings. The first-order valence-corrected chi connectivity index (χ1v) is 6.35. The van der Waals surface area contributed by atoms with Crippen molar-refractivity contribution in [3.8, 4) is 0 Å². The van der Waals surface area contributed by atoms with Gasteiger partial charge in [0, 0.05) is 0 Å². The van der Waals surface area contributed by atoms with E-state index in [1.807, 2.05) is 18.2 Å². The molecule has 0 heterocycles. The van der Waals surface area contributed by atoms with E-state index >= 15 is 0 Å². The number of benzene rings is 1. The van der Waals surface area contributed by atoms with Crippen LogP contribution in [-0.2, 0) is 11.2 Å². The lowest BCUT2D eigenvalue weighted by Crippen LogP contribution is -2.24. The van der Waals surface area contributed by atoms with E-state index in [0.29, 0.717) is 12.3 Å². The molecule has 0 bridgehead atoms. The maximum absolute atomic E-state index is 11.1. The van der Waals surface area contributed by atoms with E-state index in [0.717, 1.165) is 19.3 Å². The molecule has 2 heteroatoms. The summed E-state index contributed by atoms with van der Waals surface area (Å²) in [7, 11) is 0. The van der Waals surface area contributed by atoms with E-state index < -0.39 is 5.97 Å². The zero-order chi connectivity index (χ0) is 12.3. The van der Waals surface area contributed by atoms with Gasteiger partial charge in [-0.3, -0.25) is 4.79 Å². The van der Waals surface area contributed by atoms with Crippen LogP contribution in [0.5, 0.6) is 0 Å². The molecule has 0 aromatic heterocycles. The number of rotatable bonds is 4. The minimum atomic E-state index is -0.657. The largest absolute Gasteiger partial charge is 0.481 e. The number of hydrogen-bond donors (Lipinski definition) is 1. The van der Waals surface area contributed by atoms with Gasteiger partial charge in [0.05, 0.1) is 6.42 Å². The minimum Gasteiger partial charge on any atom is -0.481 e. The average molecular weight is 232 g/mol. The molecule has 2 nitrogen and oxygen atoms in total. The standard InChI is InChI=1S/C15H20O2/c1-12-7-8-15(9-12,11-14(16)17)10-13-5-3-2-4-6-13/h2-6,12H,7-11H2,1H3,(H,16,17). The van der Waals surface area contributed by atoms with Gasteiger partial charge in [-0.05, 0) is 36.2 Å². The van der Waals surface area contributed by atoms with Crippen LogP contribution in [-0.4, -0.2) is 11.1 Å². The van der Waals surface area contributed by atoms with Gasteiger partial charge in [0.2, 0.25) is 0 Å². The summed E-state index contributed by atoms with van der Waals surface area (Å²) in [4.78, 5) is 11.1. The summed E-state index contributed by atoms with van der Waals surface area (Å²) in [5.41, 5.74) is 1.26. The highest BCUT2D eigenvalue weighted by Crippen LogP contribution is 2.46. The van der Waals surface area contributed by atoms with Crippen LogP contribution < -0.4 is 0 Å². The molecule has 2 rings (SSSR count). The van der Waals surface area contributed by atoms with Crippen molar-refractivity contribution in [1.82, 2.24) is 0 Å². The Morgan fingerprint density at radius 2 is 2.12 bits per heavy atom. The molecular weight excluding hydrogens is 212 g/mol. The molecule has 17 heavy (non-hydrogen) atoms. The summed E-state index contributed by atoms with van der Waals surface area (Å²) in [5, 5.41) is 9.10. The molecule has 1 saturated carbocycles. The molecule has 2 unspecified atom stereocenters. The number of aliphatic carboxylic acids is 1. The predicted octanol–water partition coefficient (Wildman–Crippen LogP) is 3.51. The Kier molecular flexibility index (Phi) is 3.51. The maximum Gasteiger partial charge on any atom is 0.303 e. The molecule has 1 aliphatic rings. The topological polar surface area (TPSA) is 37.3 Å². The van der Waals surface area contributed by atoms with Gasteiger partial charge >= 0.3 is 5.97 Å². The molecule has 0 radical (unpaired) electrons. The lowest BCUT2D eigenvalue weighted by Gasteiger charge is -2.27. The van der Waals surface area contributed by atoms with Crippen LogP contribution in [0.25, 0.3) is 0 Å². The minimum absolute atomic E-state index is 0.00734. The van der Waals surface area contributed by atoms with Crippen molar-refractivity contribution in [3.05, 3.63) is 35.9 Å². The van der Waals surface area contributed by atoms with Gasteiger partial charge in [0.15, 0.2) is 0 Å². The van der Waals surface area contributed by atoms with Crippen LogP contribution in [0.1, 0.15) is 38.2 Å². The van der Waals surface area contributed by atoms with Gasteiger partial charge in [0.25, 0.3) is 0 Å². The fraction of sp³-hybridized carbons (Fsp3) is 0.533. The Balaban J connectivity index is 2.14. The van der Waals surface area contributed by atoms with Gasteiger partial charge in [0.1, 0.15) is 0 Å². The summed E-state index contributed by atoms with van der Waals surface area (Å²) in [6.45, 7) is 2.23. The molecule has 0 amide bonds. The molecule has 1 aliphatic carbocycles. The lowest BCUT2D eigenvalue weighted by atomic mass is 9.76. The first-order valence-electron chi connectivity index (χ1n) is 6.35. The molecular formula is C15H20O2. The fourth-order valence-corrected chi connectivity index (χ4v) is 3.23. The Bertz CT molecular complexity index is 385. The van der Waals surface area contributed by atoms with Crippen molar-refractivity contribution in [2.24, 2.45) is 11.3 Å². The van der Waals surface area contributed by atoms with Crippen LogP contribution in [0.3, 0.4) is 0 Å². The molecule has 2 atom stereocenters. The second-order valence-electron chi connectivity index (χ2n) is 5.58. The van der Waals surface area contributed by atoms with Crippen molar-refractivity contribution >= 4 is 5.97 Å². The third kappa shape index (κ3) is 3.09. The Morgan fingerprint density at radius 3 is 2.65 bits per heavy atom. The van der Waals surface area contributed by atoms with Crippen LogP contribution in [0, 0.1) is 11.3 Å². The third-order valence-electron chi connectivity index (χ3n) is 3.90. The van der Waals surface area contributed by atoms with Crippen LogP contribution in [0.4, 0.5) is 0 Å². The Morgan fingerprint density at radius 1 is 1.41 bits per heavy atom. The van der Waals surface area contributed by atoms with Gasteiger partial charge in [-0.25, -0.2) is 0 Å². The van der Waals surface area contributed by atoms with Crippen molar-refractivity contribution in [2.45, 2.75) is 39.0 Å². The monoisotopic (exact) mass is 232 g/mol. The summed E-state index contributed by atoms with van der Waals surface area (Å²) in [5.74, 6) is 0.00749. The first kappa shape index (κ1) is 12.2. The second kappa shape index (κ2) is 4.91. The lowest BCUT2D eigenvalue weighted by molar-refractivity contribution is -0.139. The predicted molar refractivity (Wildman–Crippen MR) is 67.8 cm³/mol. The summed E-state index contributed by atoms with van der Waals surface area (Å²) in [6.07, 6.45) is 4.49. The van der Waals surface area contributed by atoms with Crippen molar-refractivity contribution in [1.29, 1.82) is 0 Å². The van der Waals surface area contributed by atoms with Gasteiger partial charge in [-0.15, -0.1) is 0 Å². The molecule has 1 fully saturated rings. The zero-order valence-electron chi connectivity index (χ0n) is 10.4. The first-order chi connectivity index (χ1) is 8.10. The van der Waals surface area contributed by atoms with Crippen molar-refractivity contribution < 1.29 is 9.90 Å². The normalized spacial score (nSPS) is 28.2. The second-order valence-corrected chi connectivity index (χ2v) is 5.58. The van der Waals surface area contributed by atoms with E-state index in [2.05, 4.69) is 19.1 Å². The van der Waals surface area contributed by atoms with E-state index in [-0.39, 0.29) is 5.41 Å². The van der Waals surface area contributed by atoms with Crippen molar-refractivity contribution in [3.63, 3.8) is 0 Å². The molecule has 0 aliphatic heterocycles. The fourth-order valence-electron chi connectivity index (χ4n) is 3.23. The zero-order valence-corrected chi connectivity index (χ0v) is 10.4. The molecule has 0 saturated heterocycles. The smallest absolute Gasteiger partial charge is 0.303 e. The summed E-state index contributed by atoms with van der Waals surface area (Å²) >= 11 is 0. The number of hydrogen-bond acceptors (Lipinski definition) is 1. The van der Waals surface area contributed by atoms with Crippen LogP contribution in [0.2, 0.25) is 0 Å². The molecule has 1 aromatic carbocycles. The third-order valence-corrected chi connectivity index (χ3v) is 3.90. The molecule has 92 valence electrons. The quantitative estimate of drug-likeness (QED) is 0.862. The Hall–Kier alpha value is -1.31.